The van der Waals surface area contributed by atoms with Gasteiger partial charge in [0.25, 0.3) is 0 Å². The topological polar surface area (TPSA) is 64.3 Å². The van der Waals surface area contributed by atoms with Crippen LogP contribution < -0.4 is 15.8 Å². The molecule has 1 atom stereocenters. The Kier molecular flexibility index (Phi) is 4.20. The van der Waals surface area contributed by atoms with Gasteiger partial charge in [-0.25, -0.2) is 0 Å². The van der Waals surface area contributed by atoms with Gasteiger partial charge in [-0.3, -0.25) is 4.79 Å². The van der Waals surface area contributed by atoms with E-state index in [0.717, 1.165) is 5.75 Å². The first-order valence-electron chi connectivity index (χ1n) is 6.36. The molecule has 1 fully saturated rings. The molecule has 1 aromatic carbocycles. The molecule has 1 amide bonds. The zero-order valence-corrected chi connectivity index (χ0v) is 10.7. The lowest BCUT2D eigenvalue weighted by molar-refractivity contribution is -0.117. The molecular formula is C14H20N2O2. The molecule has 1 unspecified atom stereocenters. The van der Waals surface area contributed by atoms with Gasteiger partial charge in [0.1, 0.15) is 5.75 Å². The Morgan fingerprint density at radius 2 is 2.11 bits per heavy atom. The van der Waals surface area contributed by atoms with Crippen molar-refractivity contribution in [2.75, 3.05) is 13.7 Å². The smallest absolute Gasteiger partial charge is 0.218 e. The van der Waals surface area contributed by atoms with Crippen LogP contribution in [0.5, 0.6) is 5.75 Å². The molecule has 4 heteroatoms. The lowest BCUT2D eigenvalue weighted by Crippen LogP contribution is -2.27. The van der Waals surface area contributed by atoms with Crippen LogP contribution in [0.1, 0.15) is 30.9 Å². The molecule has 0 radical (unpaired) electrons. The number of nitrogens with two attached hydrogens (primary N) is 1. The second-order valence-corrected chi connectivity index (χ2v) is 4.76. The summed E-state index contributed by atoms with van der Waals surface area (Å²) < 4.78 is 5.16. The highest BCUT2D eigenvalue weighted by molar-refractivity contribution is 5.73. The third-order valence-electron chi connectivity index (χ3n) is 3.30. The average molecular weight is 248 g/mol. The van der Waals surface area contributed by atoms with E-state index in [2.05, 4.69) is 17.4 Å². The highest BCUT2D eigenvalue weighted by Gasteiger charge is 2.31. The summed E-state index contributed by atoms with van der Waals surface area (Å²) in [6.45, 7) is 0.641. The number of primary amides is 1. The minimum atomic E-state index is -0.258. The second kappa shape index (κ2) is 5.87. The van der Waals surface area contributed by atoms with Crippen LogP contribution in [0.15, 0.2) is 24.3 Å². The molecule has 0 spiro atoms. The number of carbonyl (C=O) groups excluding carboxylic acids is 1. The summed E-state index contributed by atoms with van der Waals surface area (Å²) in [5, 5.41) is 3.43. The zero-order valence-electron chi connectivity index (χ0n) is 10.7. The van der Waals surface area contributed by atoms with Crippen molar-refractivity contribution in [3.63, 3.8) is 0 Å². The number of hydrogen-bond donors (Lipinski definition) is 2. The molecular weight excluding hydrogens is 228 g/mol. The monoisotopic (exact) mass is 248 g/mol. The second-order valence-electron chi connectivity index (χ2n) is 4.76. The Hall–Kier alpha value is -1.55. The van der Waals surface area contributed by atoms with Crippen molar-refractivity contribution in [3.8, 4) is 5.75 Å². The molecule has 3 N–H and O–H groups in total. The van der Waals surface area contributed by atoms with E-state index in [4.69, 9.17) is 10.5 Å². The first-order chi connectivity index (χ1) is 8.70. The van der Waals surface area contributed by atoms with E-state index in [1.807, 2.05) is 12.1 Å². The molecule has 98 valence electrons. The van der Waals surface area contributed by atoms with Gasteiger partial charge in [-0.15, -0.1) is 0 Å². The van der Waals surface area contributed by atoms with Crippen LogP contribution in [-0.2, 0) is 4.79 Å². The largest absolute Gasteiger partial charge is 0.497 e. The van der Waals surface area contributed by atoms with E-state index in [9.17, 15) is 4.79 Å². The SMILES string of the molecule is COc1ccc(C(NCCC(N)=O)C2CC2)cc1. The van der Waals surface area contributed by atoms with Crippen molar-refractivity contribution in [2.45, 2.75) is 25.3 Å². The number of amides is 1. The van der Waals surface area contributed by atoms with Crippen molar-refractivity contribution in [3.05, 3.63) is 29.8 Å². The van der Waals surface area contributed by atoms with E-state index in [-0.39, 0.29) is 5.91 Å². The molecule has 18 heavy (non-hydrogen) atoms. The van der Waals surface area contributed by atoms with Crippen LogP contribution in [0.4, 0.5) is 0 Å². The molecule has 0 aromatic heterocycles. The van der Waals surface area contributed by atoms with Gasteiger partial charge >= 0.3 is 0 Å². The van der Waals surface area contributed by atoms with Gasteiger partial charge in [-0.1, -0.05) is 12.1 Å². The summed E-state index contributed by atoms with van der Waals surface area (Å²) >= 11 is 0. The molecule has 0 bridgehead atoms. The Balaban J connectivity index is 1.97. The van der Waals surface area contributed by atoms with Gasteiger partial charge in [0, 0.05) is 19.0 Å². The molecule has 4 nitrogen and oxygen atoms in total. The molecule has 1 saturated carbocycles. The van der Waals surface area contributed by atoms with Gasteiger partial charge in [0.05, 0.1) is 7.11 Å². The van der Waals surface area contributed by atoms with Crippen molar-refractivity contribution in [1.82, 2.24) is 5.32 Å². The highest BCUT2D eigenvalue weighted by Crippen LogP contribution is 2.41. The van der Waals surface area contributed by atoms with Crippen molar-refractivity contribution >= 4 is 5.91 Å². The average Bonchev–Trinajstić information content (AvgIpc) is 3.19. The third kappa shape index (κ3) is 3.47. The summed E-state index contributed by atoms with van der Waals surface area (Å²) in [5.74, 6) is 1.29. The normalized spacial score (nSPS) is 16.3. The number of benzene rings is 1. The van der Waals surface area contributed by atoms with Gasteiger partial charge in [-0.2, -0.15) is 0 Å². The molecule has 1 aromatic rings. The van der Waals surface area contributed by atoms with Crippen LogP contribution in [0.2, 0.25) is 0 Å². The lowest BCUT2D eigenvalue weighted by atomic mass is 10.0. The molecule has 1 aliphatic carbocycles. The van der Waals surface area contributed by atoms with E-state index in [1.165, 1.54) is 18.4 Å². The number of nitrogens with one attached hydrogen (secondary N) is 1. The van der Waals surface area contributed by atoms with Crippen molar-refractivity contribution < 1.29 is 9.53 Å². The van der Waals surface area contributed by atoms with Crippen molar-refractivity contribution in [1.29, 1.82) is 0 Å². The van der Waals surface area contributed by atoms with E-state index in [1.54, 1.807) is 7.11 Å². The fourth-order valence-electron chi connectivity index (χ4n) is 2.15. The Labute approximate surface area is 108 Å². The first kappa shape index (κ1) is 12.9. The highest BCUT2D eigenvalue weighted by atomic mass is 16.5. The fourth-order valence-corrected chi connectivity index (χ4v) is 2.15. The Morgan fingerprint density at radius 3 is 2.61 bits per heavy atom. The van der Waals surface area contributed by atoms with Crippen molar-refractivity contribution in [2.24, 2.45) is 11.7 Å². The fraction of sp³-hybridized carbons (Fsp3) is 0.500. The Morgan fingerprint density at radius 1 is 1.44 bits per heavy atom. The van der Waals surface area contributed by atoms with Gasteiger partial charge < -0.3 is 15.8 Å². The van der Waals surface area contributed by atoms with Crippen LogP contribution in [0.3, 0.4) is 0 Å². The van der Waals surface area contributed by atoms with Gasteiger partial charge in [0.15, 0.2) is 0 Å². The number of carbonyl (C=O) groups is 1. The zero-order chi connectivity index (χ0) is 13.0. The number of methoxy groups -OCH3 is 1. The maximum absolute atomic E-state index is 10.8. The van der Waals surface area contributed by atoms with Gasteiger partial charge in [-0.05, 0) is 36.5 Å². The standard InChI is InChI=1S/C14H20N2O2/c1-18-12-6-4-11(5-7-12)14(10-2-3-10)16-9-8-13(15)17/h4-7,10,14,16H,2-3,8-9H2,1H3,(H2,15,17). The predicted octanol–water partition coefficient (Wildman–Crippen LogP) is 1.61. The molecule has 2 rings (SSSR count). The quantitative estimate of drug-likeness (QED) is 0.770. The minimum absolute atomic E-state index is 0.258. The van der Waals surface area contributed by atoms with Crippen LogP contribution in [0, 0.1) is 5.92 Å². The van der Waals surface area contributed by atoms with Crippen LogP contribution in [-0.4, -0.2) is 19.6 Å². The molecule has 0 heterocycles. The third-order valence-corrected chi connectivity index (χ3v) is 3.30. The molecule has 1 aliphatic rings. The number of rotatable bonds is 7. The summed E-state index contributed by atoms with van der Waals surface area (Å²) in [7, 11) is 1.67. The number of ether oxygens (including phenoxy) is 1. The summed E-state index contributed by atoms with van der Waals surface area (Å²) in [6.07, 6.45) is 2.89. The van der Waals surface area contributed by atoms with Crippen LogP contribution in [0.25, 0.3) is 0 Å². The maximum Gasteiger partial charge on any atom is 0.218 e. The summed E-state index contributed by atoms with van der Waals surface area (Å²) in [4.78, 5) is 10.8. The minimum Gasteiger partial charge on any atom is -0.497 e. The van der Waals surface area contributed by atoms with Crippen LogP contribution >= 0.6 is 0 Å². The van der Waals surface area contributed by atoms with E-state index >= 15 is 0 Å². The first-order valence-corrected chi connectivity index (χ1v) is 6.36. The maximum atomic E-state index is 10.8. The van der Waals surface area contributed by atoms with E-state index < -0.39 is 0 Å². The molecule has 0 aliphatic heterocycles. The lowest BCUT2D eigenvalue weighted by Gasteiger charge is -2.18. The Bertz CT molecular complexity index is 399. The van der Waals surface area contributed by atoms with Gasteiger partial charge in [0.2, 0.25) is 5.91 Å². The molecule has 0 saturated heterocycles. The summed E-state index contributed by atoms with van der Waals surface area (Å²) in [6, 6.07) is 8.44. The predicted molar refractivity (Wildman–Crippen MR) is 70.3 cm³/mol. The van der Waals surface area contributed by atoms with E-state index in [0.29, 0.717) is 24.9 Å². The number of hydrogen-bond acceptors (Lipinski definition) is 3. The summed E-state index contributed by atoms with van der Waals surface area (Å²) in [5.41, 5.74) is 6.40.